The molecule has 2 atom stereocenters. The summed E-state index contributed by atoms with van der Waals surface area (Å²) >= 11 is 0. The van der Waals surface area contributed by atoms with Gasteiger partial charge in [0.25, 0.3) is 0 Å². The fourth-order valence-electron chi connectivity index (χ4n) is 5.31. The number of aromatic nitrogens is 6. The van der Waals surface area contributed by atoms with Gasteiger partial charge in [0.1, 0.15) is 18.5 Å². The number of hydrogen-bond acceptors (Lipinski definition) is 8. The molecule has 16 heteroatoms. The van der Waals surface area contributed by atoms with Gasteiger partial charge in [-0.3, -0.25) is 10.2 Å². The number of rotatable bonds is 9. The highest BCUT2D eigenvalue weighted by molar-refractivity contribution is 5.91. The summed E-state index contributed by atoms with van der Waals surface area (Å²) in [6.07, 6.45) is -1.06. The summed E-state index contributed by atoms with van der Waals surface area (Å²) in [5.41, 5.74) is 2.80. The number of urea groups is 1. The Bertz CT molecular complexity index is 1840. The molecule has 0 radical (unpaired) electrons. The molecular formula is C30H29F4N9O3. The number of pyridine rings is 2. The second kappa shape index (κ2) is 12.8. The van der Waals surface area contributed by atoms with Crippen molar-refractivity contribution in [2.24, 2.45) is 0 Å². The molecule has 12 nitrogen and oxygen atoms in total. The lowest BCUT2D eigenvalue weighted by atomic mass is 10.0. The first-order valence-electron chi connectivity index (χ1n) is 14.2. The van der Waals surface area contributed by atoms with Crippen LogP contribution >= 0.6 is 0 Å². The number of alkyl halides is 3. The molecule has 1 fully saturated rings. The number of hydrogen-bond donors (Lipinski definition) is 2. The van der Waals surface area contributed by atoms with Gasteiger partial charge in [-0.25, -0.2) is 24.1 Å². The van der Waals surface area contributed by atoms with E-state index in [4.69, 9.17) is 14.7 Å². The number of benzene rings is 1. The molecule has 4 aromatic heterocycles. The highest BCUT2D eigenvalue weighted by atomic mass is 19.4. The predicted octanol–water partition coefficient (Wildman–Crippen LogP) is 4.81. The lowest BCUT2D eigenvalue weighted by Gasteiger charge is -2.19. The normalized spacial score (nSPS) is 17.1. The number of methoxy groups -OCH3 is 1. The summed E-state index contributed by atoms with van der Waals surface area (Å²) in [6, 6.07) is 12.5. The van der Waals surface area contributed by atoms with Crippen LogP contribution in [0.3, 0.4) is 0 Å². The van der Waals surface area contributed by atoms with Crippen LogP contribution in [0.4, 0.5) is 28.2 Å². The van der Waals surface area contributed by atoms with Gasteiger partial charge >= 0.3 is 12.2 Å². The zero-order chi connectivity index (χ0) is 32.4. The maximum atomic E-state index is 14.0. The Balaban J connectivity index is 1.30. The lowest BCUT2D eigenvalue weighted by Crippen LogP contribution is -2.42. The fourth-order valence-corrected chi connectivity index (χ4v) is 5.31. The van der Waals surface area contributed by atoms with E-state index in [1.54, 1.807) is 35.9 Å². The van der Waals surface area contributed by atoms with Gasteiger partial charge in [0.2, 0.25) is 5.95 Å². The van der Waals surface area contributed by atoms with Gasteiger partial charge in [0.15, 0.2) is 5.65 Å². The van der Waals surface area contributed by atoms with Gasteiger partial charge in [-0.2, -0.15) is 32.8 Å². The first-order chi connectivity index (χ1) is 22.1. The van der Waals surface area contributed by atoms with Crippen LogP contribution in [0, 0.1) is 12.9 Å². The third-order valence-corrected chi connectivity index (χ3v) is 7.40. The molecule has 0 saturated carbocycles. The Kier molecular flexibility index (Phi) is 8.66. The van der Waals surface area contributed by atoms with Crippen LogP contribution in [-0.4, -0.2) is 79.6 Å². The highest BCUT2D eigenvalue weighted by Gasteiger charge is 2.37. The van der Waals surface area contributed by atoms with Crippen LogP contribution in [0.25, 0.3) is 28.0 Å². The van der Waals surface area contributed by atoms with Gasteiger partial charge in [0, 0.05) is 49.1 Å². The monoisotopic (exact) mass is 639 g/mol. The van der Waals surface area contributed by atoms with Crippen molar-refractivity contribution in [1.29, 1.82) is 0 Å². The Hall–Kier alpha value is -4.93. The Morgan fingerprint density at radius 3 is 2.67 bits per heavy atom. The molecule has 0 bridgehead atoms. The van der Waals surface area contributed by atoms with Gasteiger partial charge in [-0.1, -0.05) is 18.2 Å². The van der Waals surface area contributed by atoms with E-state index >= 15 is 0 Å². The van der Waals surface area contributed by atoms with Crippen molar-refractivity contribution in [1.82, 2.24) is 39.9 Å². The largest absolute Gasteiger partial charge is 0.408 e. The molecule has 0 spiro atoms. The molecule has 46 heavy (non-hydrogen) atoms. The van der Waals surface area contributed by atoms with E-state index in [-0.39, 0.29) is 5.65 Å². The van der Waals surface area contributed by atoms with E-state index < -0.39 is 36.8 Å². The summed E-state index contributed by atoms with van der Waals surface area (Å²) in [5.74, 6) is -0.317. The zero-order valence-electron chi connectivity index (χ0n) is 24.7. The molecule has 0 unspecified atom stereocenters. The van der Waals surface area contributed by atoms with E-state index in [1.165, 1.54) is 24.7 Å². The van der Waals surface area contributed by atoms with Gasteiger partial charge < -0.3 is 10.1 Å². The maximum Gasteiger partial charge on any atom is 0.408 e. The third-order valence-electron chi connectivity index (χ3n) is 7.40. The Labute approximate surface area is 259 Å². The molecule has 1 aromatic carbocycles. The van der Waals surface area contributed by atoms with Crippen LogP contribution in [0.5, 0.6) is 0 Å². The Morgan fingerprint density at radius 1 is 1.13 bits per heavy atom. The summed E-state index contributed by atoms with van der Waals surface area (Å²) in [7, 11) is 1.57. The van der Waals surface area contributed by atoms with Crippen molar-refractivity contribution >= 4 is 22.9 Å². The molecule has 240 valence electrons. The lowest BCUT2D eigenvalue weighted by molar-refractivity contribution is -0.154. The number of nitrogens with zero attached hydrogens (tertiary/aromatic N) is 7. The number of carbonyl (C=O) groups is 1. The van der Waals surface area contributed by atoms with E-state index in [0.717, 1.165) is 4.68 Å². The summed E-state index contributed by atoms with van der Waals surface area (Å²) in [4.78, 5) is 27.4. The minimum Gasteiger partial charge on any atom is -0.383 e. The average Bonchev–Trinajstić information content (AvgIpc) is 3.71. The number of para-hydroxylation sites is 1. The molecule has 2 amide bonds. The van der Waals surface area contributed by atoms with E-state index in [1.807, 2.05) is 30.3 Å². The minimum atomic E-state index is -4.45. The topological polar surface area (TPSA) is 124 Å². The van der Waals surface area contributed by atoms with Gasteiger partial charge in [-0.15, -0.1) is 0 Å². The van der Waals surface area contributed by atoms with Crippen molar-refractivity contribution in [3.8, 4) is 16.9 Å². The number of carbonyl (C=O) groups excluding carboxylic acids is 1. The maximum absolute atomic E-state index is 14.0. The van der Waals surface area contributed by atoms with Crippen molar-refractivity contribution in [2.45, 2.75) is 31.8 Å². The number of anilines is 1. The van der Waals surface area contributed by atoms with Crippen molar-refractivity contribution in [3.63, 3.8) is 0 Å². The fraction of sp³-hybridized carbons (Fsp3) is 0.300. The van der Waals surface area contributed by atoms with E-state index in [0.29, 0.717) is 59.0 Å². The number of nitrogens with one attached hydrogen (secondary N) is 2. The Morgan fingerprint density at radius 2 is 1.93 bits per heavy atom. The van der Waals surface area contributed by atoms with Crippen LogP contribution < -0.4 is 10.6 Å². The third kappa shape index (κ3) is 6.68. The molecule has 0 aliphatic carbocycles. The standard InChI is InChI=1S/C30H29F4N9O3/c1-18-25(20-12-21-15-37-42(17-30(32,33)34)28(21)36-14-20)40-43(22-6-4-3-5-7-22)27(18)39-29(44)38-23-16-41(10-11-45-2)46-26(23)19-8-9-35-24(31)13-19/h3-9,12-15,23,26H,10-11,16-17H2,1-2H3,(H2,38,39,44)/t23-,26+/m1/s1. The predicted molar refractivity (Wildman–Crippen MR) is 158 cm³/mol. The first-order valence-corrected chi connectivity index (χ1v) is 14.2. The molecule has 5 heterocycles. The van der Waals surface area contributed by atoms with Crippen LogP contribution in [0.15, 0.2) is 67.1 Å². The molecule has 2 N–H and O–H groups in total. The minimum absolute atomic E-state index is 0.0842. The quantitative estimate of drug-likeness (QED) is 0.174. The van der Waals surface area contributed by atoms with Crippen molar-refractivity contribution < 1.29 is 31.9 Å². The number of ether oxygens (including phenoxy) is 1. The van der Waals surface area contributed by atoms with E-state index in [9.17, 15) is 22.4 Å². The van der Waals surface area contributed by atoms with Crippen molar-refractivity contribution in [3.05, 3.63) is 84.2 Å². The van der Waals surface area contributed by atoms with E-state index in [2.05, 4.69) is 25.7 Å². The van der Waals surface area contributed by atoms with Crippen LogP contribution in [-0.2, 0) is 16.1 Å². The average molecular weight is 640 g/mol. The smallest absolute Gasteiger partial charge is 0.383 e. The summed E-state index contributed by atoms with van der Waals surface area (Å²) in [6.45, 7) is 1.62. The molecule has 5 aromatic rings. The molecule has 1 aliphatic heterocycles. The second-order valence-electron chi connectivity index (χ2n) is 10.6. The van der Waals surface area contributed by atoms with Gasteiger partial charge in [0.05, 0.1) is 30.2 Å². The van der Waals surface area contributed by atoms with Crippen LogP contribution in [0.2, 0.25) is 0 Å². The zero-order valence-corrected chi connectivity index (χ0v) is 24.7. The second-order valence-corrected chi connectivity index (χ2v) is 10.6. The molecule has 6 rings (SSSR count). The van der Waals surface area contributed by atoms with Crippen molar-refractivity contribution in [2.75, 3.05) is 32.1 Å². The summed E-state index contributed by atoms with van der Waals surface area (Å²) in [5, 5.41) is 16.5. The van der Waals surface area contributed by atoms with Crippen LogP contribution in [0.1, 0.15) is 17.2 Å². The number of amides is 2. The number of halogens is 4. The van der Waals surface area contributed by atoms with Gasteiger partial charge in [-0.05, 0) is 42.8 Å². The number of fused-ring (bicyclic) bond motifs is 1. The summed E-state index contributed by atoms with van der Waals surface area (Å²) < 4.78 is 60.5. The molecule has 1 saturated heterocycles. The number of hydroxylamine groups is 2. The molecule has 1 aliphatic rings. The SMILES string of the molecule is COCCN1C[C@@H](NC(=O)Nc2c(C)c(-c3cnc4c(cnn4CC(F)(F)F)c3)nn2-c2ccccc2)[C@H](c2ccnc(F)c2)O1. The molecular weight excluding hydrogens is 610 g/mol. The highest BCUT2D eigenvalue weighted by Crippen LogP contribution is 2.33. The first kappa shape index (κ1) is 31.1.